The van der Waals surface area contributed by atoms with E-state index in [1.807, 2.05) is 0 Å². The zero-order valence-electron chi connectivity index (χ0n) is 15.2. The first-order chi connectivity index (χ1) is 12.2. The third-order valence-electron chi connectivity index (χ3n) is 5.25. The number of hydrogen-bond donors (Lipinski definition) is 0. The van der Waals surface area contributed by atoms with E-state index < -0.39 is 0 Å². The maximum absolute atomic E-state index is 11.6. The van der Waals surface area contributed by atoms with E-state index in [0.717, 1.165) is 58.6 Å². The molecule has 0 N–H and O–H groups in total. The highest BCUT2D eigenvalue weighted by Crippen LogP contribution is 2.22. The Balaban J connectivity index is 1.54. The van der Waals surface area contributed by atoms with Crippen molar-refractivity contribution in [2.45, 2.75) is 44.4 Å². The highest BCUT2D eigenvalue weighted by molar-refractivity contribution is 5.69. The maximum Gasteiger partial charge on any atom is 0.307 e. The van der Waals surface area contributed by atoms with Gasteiger partial charge in [0.05, 0.1) is 19.6 Å². The van der Waals surface area contributed by atoms with Crippen molar-refractivity contribution in [2.75, 3.05) is 39.9 Å². The molecule has 0 amide bonds. The Hall–Kier alpha value is -1.43. The smallest absolute Gasteiger partial charge is 0.307 e. The minimum atomic E-state index is -0.107. The molecular formula is C20H30N2O3. The molecule has 0 saturated carbocycles. The molecular weight excluding hydrogens is 316 g/mol. The number of methoxy groups -OCH3 is 1. The van der Waals surface area contributed by atoms with Crippen molar-refractivity contribution in [1.82, 2.24) is 9.80 Å². The Bertz CT molecular complexity index is 537. The molecule has 138 valence electrons. The van der Waals surface area contributed by atoms with Crippen LogP contribution in [0.4, 0.5) is 0 Å². The highest BCUT2D eigenvalue weighted by atomic mass is 16.5. The van der Waals surface area contributed by atoms with Gasteiger partial charge >= 0.3 is 5.97 Å². The molecule has 25 heavy (non-hydrogen) atoms. The Labute approximate surface area is 150 Å². The van der Waals surface area contributed by atoms with E-state index in [4.69, 9.17) is 9.47 Å². The first-order valence-electron chi connectivity index (χ1n) is 9.43. The number of benzene rings is 1. The molecule has 0 aliphatic carbocycles. The van der Waals surface area contributed by atoms with E-state index in [1.165, 1.54) is 12.7 Å². The maximum atomic E-state index is 11.6. The van der Waals surface area contributed by atoms with E-state index in [-0.39, 0.29) is 12.1 Å². The highest BCUT2D eigenvalue weighted by Gasteiger charge is 2.30. The predicted octanol–water partition coefficient (Wildman–Crippen LogP) is 2.30. The number of likely N-dealkylation sites (tertiary alicyclic amines) is 1. The molecule has 0 aromatic heterocycles. The third kappa shape index (κ3) is 5.53. The van der Waals surface area contributed by atoms with Gasteiger partial charge in [-0.3, -0.25) is 14.6 Å². The summed E-state index contributed by atoms with van der Waals surface area (Å²) in [6, 6.07) is 10.9. The second kappa shape index (κ2) is 9.32. The van der Waals surface area contributed by atoms with Gasteiger partial charge in [-0.05, 0) is 31.4 Å². The molecule has 3 rings (SSSR count). The topological polar surface area (TPSA) is 42.0 Å². The lowest BCUT2D eigenvalue weighted by molar-refractivity contribution is -0.142. The fraction of sp³-hybridized carbons (Fsp3) is 0.650. The van der Waals surface area contributed by atoms with Crippen molar-refractivity contribution in [3.8, 4) is 0 Å². The predicted molar refractivity (Wildman–Crippen MR) is 97.3 cm³/mol. The van der Waals surface area contributed by atoms with E-state index in [0.29, 0.717) is 12.5 Å². The zero-order chi connectivity index (χ0) is 17.5. The van der Waals surface area contributed by atoms with Gasteiger partial charge < -0.3 is 9.47 Å². The van der Waals surface area contributed by atoms with Crippen LogP contribution in [0.5, 0.6) is 0 Å². The van der Waals surface area contributed by atoms with Crippen molar-refractivity contribution < 1.29 is 14.3 Å². The molecule has 2 fully saturated rings. The molecule has 0 bridgehead atoms. The molecule has 2 aliphatic heterocycles. The summed E-state index contributed by atoms with van der Waals surface area (Å²) >= 11 is 0. The van der Waals surface area contributed by atoms with Gasteiger partial charge in [0, 0.05) is 38.8 Å². The lowest BCUT2D eigenvalue weighted by atomic mass is 10.1. The van der Waals surface area contributed by atoms with Crippen LogP contribution in [-0.2, 0) is 20.8 Å². The summed E-state index contributed by atoms with van der Waals surface area (Å²) < 4.78 is 11.0. The first-order valence-corrected chi connectivity index (χ1v) is 9.43. The van der Waals surface area contributed by atoms with E-state index >= 15 is 0 Å². The lowest BCUT2D eigenvalue weighted by Gasteiger charge is -2.30. The Morgan fingerprint density at radius 2 is 2.08 bits per heavy atom. The minimum Gasteiger partial charge on any atom is -0.469 e. The van der Waals surface area contributed by atoms with Gasteiger partial charge in [-0.1, -0.05) is 30.3 Å². The molecule has 1 aromatic carbocycles. The number of carbonyl (C=O) groups is 1. The summed E-state index contributed by atoms with van der Waals surface area (Å²) in [6.45, 7) is 5.80. The van der Waals surface area contributed by atoms with Gasteiger partial charge in [-0.25, -0.2) is 0 Å². The van der Waals surface area contributed by atoms with Crippen LogP contribution in [0.2, 0.25) is 0 Å². The Morgan fingerprint density at radius 1 is 1.24 bits per heavy atom. The van der Waals surface area contributed by atoms with Gasteiger partial charge in [-0.2, -0.15) is 0 Å². The first kappa shape index (κ1) is 18.4. The summed E-state index contributed by atoms with van der Waals surface area (Å²) in [5.74, 6) is -0.107. The number of nitrogens with zero attached hydrogens (tertiary/aromatic N) is 2. The van der Waals surface area contributed by atoms with Crippen LogP contribution in [0.3, 0.4) is 0 Å². The zero-order valence-corrected chi connectivity index (χ0v) is 15.2. The van der Waals surface area contributed by atoms with E-state index in [2.05, 4.69) is 40.1 Å². The minimum absolute atomic E-state index is 0.107. The number of esters is 1. The fourth-order valence-corrected chi connectivity index (χ4v) is 3.97. The van der Waals surface area contributed by atoms with Crippen LogP contribution in [-0.4, -0.2) is 67.8 Å². The monoisotopic (exact) mass is 346 g/mol. The molecule has 2 heterocycles. The van der Waals surface area contributed by atoms with Crippen LogP contribution in [0, 0.1) is 0 Å². The molecule has 0 spiro atoms. The number of ether oxygens (including phenoxy) is 2. The van der Waals surface area contributed by atoms with Crippen LogP contribution >= 0.6 is 0 Å². The second-order valence-corrected chi connectivity index (χ2v) is 7.14. The summed E-state index contributed by atoms with van der Waals surface area (Å²) in [6.07, 6.45) is 4.02. The number of hydrogen-bond acceptors (Lipinski definition) is 5. The van der Waals surface area contributed by atoms with E-state index in [9.17, 15) is 4.79 Å². The Kier molecular flexibility index (Phi) is 6.84. The quantitative estimate of drug-likeness (QED) is 0.740. The molecule has 0 radical (unpaired) electrons. The average Bonchev–Trinajstić information content (AvgIpc) is 2.93. The number of rotatable bonds is 6. The van der Waals surface area contributed by atoms with Crippen molar-refractivity contribution in [2.24, 2.45) is 0 Å². The van der Waals surface area contributed by atoms with E-state index in [1.54, 1.807) is 0 Å². The normalized spacial score (nSPS) is 25.6. The molecule has 5 heteroatoms. The molecule has 2 atom stereocenters. The van der Waals surface area contributed by atoms with Gasteiger partial charge in [0.25, 0.3) is 0 Å². The standard InChI is InChI=1S/C20H30N2O3/c1-24-20(23)13-18-9-5-11-22(18)16-19-15-21(10-6-12-25-19)14-17-7-3-2-4-8-17/h2-4,7-8,18-19H,5-6,9-16H2,1H3/t18-,19+/m0/s1. The van der Waals surface area contributed by atoms with Gasteiger partial charge in [0.2, 0.25) is 0 Å². The average molecular weight is 346 g/mol. The molecule has 2 saturated heterocycles. The SMILES string of the molecule is COC(=O)C[C@@H]1CCCN1C[C@H]1CN(Cc2ccccc2)CCCO1. The third-order valence-corrected chi connectivity index (χ3v) is 5.25. The number of carbonyl (C=O) groups excluding carboxylic acids is 1. The van der Waals surface area contributed by atoms with Gasteiger partial charge in [-0.15, -0.1) is 0 Å². The fourth-order valence-electron chi connectivity index (χ4n) is 3.97. The van der Waals surface area contributed by atoms with Crippen molar-refractivity contribution in [3.63, 3.8) is 0 Å². The van der Waals surface area contributed by atoms with Crippen molar-refractivity contribution in [1.29, 1.82) is 0 Å². The summed E-state index contributed by atoms with van der Waals surface area (Å²) in [4.78, 5) is 16.6. The summed E-state index contributed by atoms with van der Waals surface area (Å²) in [5.41, 5.74) is 1.35. The van der Waals surface area contributed by atoms with Crippen LogP contribution in [0.15, 0.2) is 30.3 Å². The molecule has 0 unspecified atom stereocenters. The van der Waals surface area contributed by atoms with Crippen LogP contribution in [0.1, 0.15) is 31.2 Å². The summed E-state index contributed by atoms with van der Waals surface area (Å²) in [5, 5.41) is 0. The second-order valence-electron chi connectivity index (χ2n) is 7.14. The van der Waals surface area contributed by atoms with Crippen LogP contribution in [0.25, 0.3) is 0 Å². The van der Waals surface area contributed by atoms with Crippen LogP contribution < -0.4 is 0 Å². The van der Waals surface area contributed by atoms with Gasteiger partial charge in [0.1, 0.15) is 0 Å². The lowest BCUT2D eigenvalue weighted by Crippen LogP contribution is -2.42. The molecule has 2 aliphatic rings. The molecule has 1 aromatic rings. The van der Waals surface area contributed by atoms with Gasteiger partial charge in [0.15, 0.2) is 0 Å². The summed E-state index contributed by atoms with van der Waals surface area (Å²) in [7, 11) is 1.47. The largest absolute Gasteiger partial charge is 0.469 e. The Morgan fingerprint density at radius 3 is 2.88 bits per heavy atom. The van der Waals surface area contributed by atoms with Crippen molar-refractivity contribution >= 4 is 5.97 Å². The molecule has 5 nitrogen and oxygen atoms in total. The van der Waals surface area contributed by atoms with Crippen molar-refractivity contribution in [3.05, 3.63) is 35.9 Å².